The zero-order valence-electron chi connectivity index (χ0n) is 33.4. The van der Waals surface area contributed by atoms with Crippen LogP contribution in [0.15, 0.2) is 151 Å². The highest BCUT2D eigenvalue weighted by Crippen LogP contribution is 2.42. The topological polar surface area (TPSA) is 149 Å². The SMILES string of the molecule is Cc1ccc(S(=O)(=O)n2cc(CCNC(=O)OC(C)(C)C)c3c2C(=O)c2[nH]nc(-c4ccc(OC(c5ccccc5)(c5ccccc5)c5ccccc5)cc4)c2C3=O)cc1. The molecule has 0 saturated carbocycles. The van der Waals surface area contributed by atoms with E-state index in [-0.39, 0.29) is 51.6 Å². The number of aryl methyl sites for hydroxylation is 1. The molecule has 5 aromatic carbocycles. The number of fused-ring (bicyclic) bond motifs is 2. The molecule has 1 aliphatic rings. The molecule has 0 fully saturated rings. The maximum atomic E-state index is 14.7. The molecule has 0 saturated heterocycles. The third kappa shape index (κ3) is 7.30. The number of carbonyl (C=O) groups is 3. The first-order valence-electron chi connectivity index (χ1n) is 19.4. The lowest BCUT2D eigenvalue weighted by molar-refractivity contribution is 0.0528. The highest BCUT2D eigenvalue weighted by Gasteiger charge is 2.42. The summed E-state index contributed by atoms with van der Waals surface area (Å²) >= 11 is 0. The molecule has 0 spiro atoms. The van der Waals surface area contributed by atoms with Crippen LogP contribution in [0.4, 0.5) is 4.79 Å². The molecule has 302 valence electrons. The molecule has 0 aliphatic heterocycles. The number of H-pyrrole nitrogens is 1. The number of aromatic amines is 1. The maximum Gasteiger partial charge on any atom is 0.407 e. The van der Waals surface area contributed by atoms with Gasteiger partial charge in [0.15, 0.2) is 11.4 Å². The van der Waals surface area contributed by atoms with E-state index in [2.05, 4.69) is 15.5 Å². The summed E-state index contributed by atoms with van der Waals surface area (Å²) in [5.41, 5.74) is 2.33. The second-order valence-corrected chi connectivity index (χ2v) is 17.4. The van der Waals surface area contributed by atoms with Gasteiger partial charge in [-0.3, -0.25) is 14.7 Å². The Labute approximate surface area is 348 Å². The molecule has 8 rings (SSSR count). The Bertz CT molecular complexity index is 2730. The zero-order valence-corrected chi connectivity index (χ0v) is 34.2. The minimum atomic E-state index is -4.34. The molecule has 0 unspecified atom stereocenters. The first-order chi connectivity index (χ1) is 28.8. The average Bonchev–Trinajstić information content (AvgIpc) is 3.87. The number of alkyl carbamates (subject to hydrolysis) is 1. The van der Waals surface area contributed by atoms with Crippen molar-refractivity contribution in [3.8, 4) is 17.0 Å². The second-order valence-electron chi connectivity index (χ2n) is 15.6. The monoisotopic (exact) mass is 818 g/mol. The zero-order chi connectivity index (χ0) is 42.2. The second kappa shape index (κ2) is 15.6. The fourth-order valence-corrected chi connectivity index (χ4v) is 8.94. The third-order valence-electron chi connectivity index (χ3n) is 10.3. The third-order valence-corrected chi connectivity index (χ3v) is 12.0. The molecule has 11 nitrogen and oxygen atoms in total. The molecule has 2 N–H and O–H groups in total. The van der Waals surface area contributed by atoms with E-state index in [1.807, 2.05) is 97.9 Å². The van der Waals surface area contributed by atoms with Crippen LogP contribution < -0.4 is 10.1 Å². The molecule has 0 bridgehead atoms. The number of hydrogen-bond acceptors (Lipinski definition) is 8. The fraction of sp³-hybridized carbons (Fsp3) is 0.167. The molecule has 1 amide bonds. The van der Waals surface area contributed by atoms with Crippen LogP contribution in [0.2, 0.25) is 0 Å². The molecule has 0 atom stereocenters. The number of ketones is 2. The summed E-state index contributed by atoms with van der Waals surface area (Å²) in [4.78, 5) is 41.5. The molecule has 12 heteroatoms. The Morgan fingerprint density at radius 2 is 1.28 bits per heavy atom. The number of ether oxygens (including phenoxy) is 2. The van der Waals surface area contributed by atoms with Gasteiger partial charge >= 0.3 is 6.09 Å². The Morgan fingerprint density at radius 1 is 0.733 bits per heavy atom. The molecular weight excluding hydrogens is 777 g/mol. The molecule has 60 heavy (non-hydrogen) atoms. The van der Waals surface area contributed by atoms with Gasteiger partial charge in [0.2, 0.25) is 5.78 Å². The Morgan fingerprint density at radius 3 is 1.82 bits per heavy atom. The fourth-order valence-electron chi connectivity index (χ4n) is 7.55. The van der Waals surface area contributed by atoms with Gasteiger partial charge in [-0.15, -0.1) is 0 Å². The number of amides is 1. The Kier molecular flexibility index (Phi) is 10.3. The van der Waals surface area contributed by atoms with Gasteiger partial charge in [0.05, 0.1) is 16.0 Å². The molecule has 7 aromatic rings. The number of hydrogen-bond donors (Lipinski definition) is 2. The predicted octanol–water partition coefficient (Wildman–Crippen LogP) is 8.64. The standard InChI is InChI=1S/C48H42N4O7S/c1-31-20-26-38(27-21-31)60(56,57)52-30-33(28-29-49-46(55)59-47(2,3)4)39-43(52)45(54)42-40(44(39)53)41(50-51-42)32-22-24-37(25-23-32)58-48(34-14-8-5-9-15-34,35-16-10-6-11-17-35)36-18-12-7-13-19-36/h5-27,30H,28-29H2,1-4H3,(H,49,55)(H,50,51). The Hall–Kier alpha value is -7.05. The molecule has 1 aliphatic carbocycles. The van der Waals surface area contributed by atoms with Crippen molar-refractivity contribution in [2.24, 2.45) is 0 Å². The predicted molar refractivity (Wildman–Crippen MR) is 227 cm³/mol. The normalized spacial score (nSPS) is 12.7. The minimum absolute atomic E-state index is 0.000412. The number of aromatic nitrogens is 3. The lowest BCUT2D eigenvalue weighted by atomic mass is 9.80. The summed E-state index contributed by atoms with van der Waals surface area (Å²) in [6, 6.07) is 43.2. The first kappa shape index (κ1) is 39.8. The smallest absolute Gasteiger partial charge is 0.407 e. The van der Waals surface area contributed by atoms with Crippen LogP contribution >= 0.6 is 0 Å². The highest BCUT2D eigenvalue weighted by atomic mass is 32.2. The average molecular weight is 819 g/mol. The van der Waals surface area contributed by atoms with E-state index in [9.17, 15) is 22.8 Å². The van der Waals surface area contributed by atoms with Gasteiger partial charge < -0.3 is 14.8 Å². The van der Waals surface area contributed by atoms with Crippen LogP contribution in [0.25, 0.3) is 11.3 Å². The van der Waals surface area contributed by atoms with E-state index < -0.39 is 38.9 Å². The van der Waals surface area contributed by atoms with Crippen molar-refractivity contribution < 1.29 is 32.3 Å². The van der Waals surface area contributed by atoms with Crippen molar-refractivity contribution in [1.82, 2.24) is 19.5 Å². The van der Waals surface area contributed by atoms with Gasteiger partial charge in [-0.05, 0) is 76.1 Å². The van der Waals surface area contributed by atoms with E-state index in [1.165, 1.54) is 18.3 Å². The number of nitrogens with zero attached hydrogens (tertiary/aromatic N) is 2. The summed E-state index contributed by atoms with van der Waals surface area (Å²) < 4.78 is 41.6. The maximum absolute atomic E-state index is 14.7. The van der Waals surface area contributed by atoms with Crippen molar-refractivity contribution in [1.29, 1.82) is 0 Å². The van der Waals surface area contributed by atoms with E-state index in [0.29, 0.717) is 11.3 Å². The van der Waals surface area contributed by atoms with Crippen LogP contribution in [-0.2, 0) is 26.8 Å². The first-order valence-corrected chi connectivity index (χ1v) is 20.9. The molecule has 2 heterocycles. The van der Waals surface area contributed by atoms with Gasteiger partial charge in [-0.2, -0.15) is 5.10 Å². The summed E-state index contributed by atoms with van der Waals surface area (Å²) in [5, 5.41) is 9.86. The van der Waals surface area contributed by atoms with Crippen LogP contribution in [0.5, 0.6) is 5.75 Å². The van der Waals surface area contributed by atoms with Gasteiger partial charge in [0.1, 0.15) is 28.4 Å². The van der Waals surface area contributed by atoms with E-state index in [0.717, 1.165) is 26.2 Å². The van der Waals surface area contributed by atoms with Crippen LogP contribution in [-0.4, -0.2) is 52.4 Å². The van der Waals surface area contributed by atoms with Crippen molar-refractivity contribution in [3.63, 3.8) is 0 Å². The lowest BCUT2D eigenvalue weighted by Crippen LogP contribution is -2.36. The molecule has 0 radical (unpaired) electrons. The number of rotatable bonds is 11. The molecular formula is C48H42N4O7S. The highest BCUT2D eigenvalue weighted by molar-refractivity contribution is 7.90. The van der Waals surface area contributed by atoms with E-state index >= 15 is 0 Å². The van der Waals surface area contributed by atoms with E-state index in [1.54, 1.807) is 57.2 Å². The summed E-state index contributed by atoms with van der Waals surface area (Å²) in [6.07, 6.45) is 0.638. The summed E-state index contributed by atoms with van der Waals surface area (Å²) in [7, 11) is -4.34. The van der Waals surface area contributed by atoms with Gasteiger partial charge in [-0.25, -0.2) is 17.2 Å². The minimum Gasteiger partial charge on any atom is -0.473 e. The van der Waals surface area contributed by atoms with Crippen molar-refractivity contribution >= 4 is 27.7 Å². The number of carbonyl (C=O) groups excluding carboxylic acids is 3. The summed E-state index contributed by atoms with van der Waals surface area (Å²) in [6.45, 7) is 7.03. The van der Waals surface area contributed by atoms with Crippen molar-refractivity contribution in [2.75, 3.05) is 6.54 Å². The van der Waals surface area contributed by atoms with E-state index in [4.69, 9.17) is 9.47 Å². The van der Waals surface area contributed by atoms with Gasteiger partial charge in [-0.1, -0.05) is 109 Å². The molecule has 2 aromatic heterocycles. The Balaban J connectivity index is 1.17. The number of nitrogens with one attached hydrogen (secondary N) is 2. The van der Waals surface area contributed by atoms with Crippen LogP contribution in [0, 0.1) is 6.92 Å². The lowest BCUT2D eigenvalue weighted by Gasteiger charge is -2.36. The quantitative estimate of drug-likeness (QED) is 0.123. The summed E-state index contributed by atoms with van der Waals surface area (Å²) in [5.74, 6) is -0.758. The number of benzene rings is 5. The largest absolute Gasteiger partial charge is 0.473 e. The van der Waals surface area contributed by atoms with Crippen LogP contribution in [0.3, 0.4) is 0 Å². The van der Waals surface area contributed by atoms with Crippen LogP contribution in [0.1, 0.15) is 80.7 Å². The van der Waals surface area contributed by atoms with Crippen molar-refractivity contribution in [2.45, 2.75) is 50.2 Å². The van der Waals surface area contributed by atoms with Gasteiger partial charge in [0.25, 0.3) is 10.0 Å². The van der Waals surface area contributed by atoms with Crippen molar-refractivity contribution in [3.05, 3.63) is 196 Å². The van der Waals surface area contributed by atoms with Gasteiger partial charge in [0, 0.05) is 35.0 Å².